The second-order valence-electron chi connectivity index (χ2n) is 4.18. The molecular formula is C13H17ClN2O. The number of halogens is 1. The molecule has 1 aliphatic heterocycles. The van der Waals surface area contributed by atoms with Crippen LogP contribution in [-0.4, -0.2) is 29.9 Å². The first-order chi connectivity index (χ1) is 8.33. The molecule has 0 bridgehead atoms. The zero-order valence-corrected chi connectivity index (χ0v) is 10.5. The van der Waals surface area contributed by atoms with Crippen LogP contribution >= 0.6 is 11.6 Å². The molecule has 0 aromatic heterocycles. The summed E-state index contributed by atoms with van der Waals surface area (Å²) in [5.41, 5.74) is 1.19. The Morgan fingerprint density at radius 1 is 1.35 bits per heavy atom. The average molecular weight is 253 g/mol. The number of urea groups is 1. The molecule has 0 spiro atoms. The van der Waals surface area contributed by atoms with Crippen LogP contribution in [0.5, 0.6) is 0 Å². The number of benzene rings is 1. The summed E-state index contributed by atoms with van der Waals surface area (Å²) in [6, 6.07) is 10.3. The highest BCUT2D eigenvalue weighted by Gasteiger charge is 2.28. The van der Waals surface area contributed by atoms with Crippen LogP contribution in [-0.2, 0) is 0 Å². The summed E-state index contributed by atoms with van der Waals surface area (Å²) in [6.45, 7) is 1.52. The Bertz CT molecular complexity index is 369. The molecule has 1 atom stereocenters. The summed E-state index contributed by atoms with van der Waals surface area (Å²) in [5, 5.41) is 2.85. The third kappa shape index (κ3) is 2.91. The van der Waals surface area contributed by atoms with Crippen LogP contribution in [0.1, 0.15) is 24.4 Å². The van der Waals surface area contributed by atoms with Crippen molar-refractivity contribution in [1.82, 2.24) is 10.2 Å². The summed E-state index contributed by atoms with van der Waals surface area (Å²) in [4.78, 5) is 13.6. The van der Waals surface area contributed by atoms with E-state index >= 15 is 0 Å². The van der Waals surface area contributed by atoms with Gasteiger partial charge in [-0.25, -0.2) is 4.79 Å². The molecule has 2 amide bonds. The highest BCUT2D eigenvalue weighted by atomic mass is 35.5. The molecular weight excluding hydrogens is 236 g/mol. The molecule has 3 nitrogen and oxygen atoms in total. The third-order valence-electron chi connectivity index (χ3n) is 3.06. The molecule has 17 heavy (non-hydrogen) atoms. The lowest BCUT2D eigenvalue weighted by Gasteiger charge is -2.27. The SMILES string of the molecule is O=C1NCCN1C(CCCCl)c1ccccc1. The van der Waals surface area contributed by atoms with Crippen molar-refractivity contribution in [1.29, 1.82) is 0 Å². The Kier molecular flexibility index (Phi) is 4.26. The van der Waals surface area contributed by atoms with Crippen molar-refractivity contribution in [2.24, 2.45) is 0 Å². The van der Waals surface area contributed by atoms with Gasteiger partial charge in [-0.2, -0.15) is 0 Å². The fraction of sp³-hybridized carbons (Fsp3) is 0.462. The highest BCUT2D eigenvalue weighted by molar-refractivity contribution is 6.17. The van der Waals surface area contributed by atoms with Crippen LogP contribution in [0.2, 0.25) is 0 Å². The Hall–Kier alpha value is -1.22. The maximum atomic E-state index is 11.7. The van der Waals surface area contributed by atoms with Crippen LogP contribution in [0.4, 0.5) is 4.79 Å². The molecule has 1 fully saturated rings. The van der Waals surface area contributed by atoms with E-state index in [-0.39, 0.29) is 12.1 Å². The van der Waals surface area contributed by atoms with Crippen LogP contribution in [0.3, 0.4) is 0 Å². The Morgan fingerprint density at radius 3 is 2.71 bits per heavy atom. The van der Waals surface area contributed by atoms with E-state index in [1.807, 2.05) is 23.1 Å². The number of rotatable bonds is 5. The van der Waals surface area contributed by atoms with Crippen molar-refractivity contribution < 1.29 is 4.79 Å². The van der Waals surface area contributed by atoms with E-state index in [9.17, 15) is 4.79 Å². The number of hydrogen-bond donors (Lipinski definition) is 1. The molecule has 0 radical (unpaired) electrons. The van der Waals surface area contributed by atoms with Gasteiger partial charge in [0.25, 0.3) is 0 Å². The zero-order chi connectivity index (χ0) is 12.1. The molecule has 0 aliphatic carbocycles. The highest BCUT2D eigenvalue weighted by Crippen LogP contribution is 2.27. The second kappa shape index (κ2) is 5.92. The first-order valence-corrected chi connectivity index (χ1v) is 6.52. The van der Waals surface area contributed by atoms with Crippen LogP contribution in [0.15, 0.2) is 30.3 Å². The van der Waals surface area contributed by atoms with Gasteiger partial charge < -0.3 is 10.2 Å². The fourth-order valence-corrected chi connectivity index (χ4v) is 2.39. The normalized spacial score (nSPS) is 17.0. The zero-order valence-electron chi connectivity index (χ0n) is 9.73. The van der Waals surface area contributed by atoms with Crippen LogP contribution < -0.4 is 5.32 Å². The summed E-state index contributed by atoms with van der Waals surface area (Å²) >= 11 is 5.76. The number of carbonyl (C=O) groups excluding carboxylic acids is 1. The molecule has 1 heterocycles. The molecule has 1 saturated heterocycles. The Morgan fingerprint density at radius 2 is 2.12 bits per heavy atom. The lowest BCUT2D eigenvalue weighted by molar-refractivity contribution is 0.194. The Balaban J connectivity index is 2.16. The number of hydrogen-bond acceptors (Lipinski definition) is 1. The predicted octanol–water partition coefficient (Wildman–Crippen LogP) is 2.77. The largest absolute Gasteiger partial charge is 0.336 e. The quantitative estimate of drug-likeness (QED) is 0.803. The number of amides is 2. The molecule has 1 unspecified atom stereocenters. The first kappa shape index (κ1) is 12.2. The minimum atomic E-state index is 0.0356. The summed E-state index contributed by atoms with van der Waals surface area (Å²) < 4.78 is 0. The van der Waals surface area contributed by atoms with Crippen molar-refractivity contribution in [3.8, 4) is 0 Å². The van der Waals surface area contributed by atoms with E-state index in [4.69, 9.17) is 11.6 Å². The molecule has 2 rings (SSSR count). The van der Waals surface area contributed by atoms with Gasteiger partial charge >= 0.3 is 6.03 Å². The first-order valence-electron chi connectivity index (χ1n) is 5.98. The number of carbonyl (C=O) groups is 1. The van der Waals surface area contributed by atoms with Gasteiger partial charge in [0.15, 0.2) is 0 Å². The number of alkyl halides is 1. The lowest BCUT2D eigenvalue weighted by atomic mass is 10.0. The van der Waals surface area contributed by atoms with Gasteiger partial charge in [0.2, 0.25) is 0 Å². The van der Waals surface area contributed by atoms with Crippen LogP contribution in [0, 0.1) is 0 Å². The van der Waals surface area contributed by atoms with Crippen LogP contribution in [0.25, 0.3) is 0 Å². The molecule has 1 aromatic carbocycles. The van der Waals surface area contributed by atoms with Gasteiger partial charge in [-0.15, -0.1) is 11.6 Å². The second-order valence-corrected chi connectivity index (χ2v) is 4.56. The van der Waals surface area contributed by atoms with E-state index in [0.717, 1.165) is 25.9 Å². The number of nitrogens with zero attached hydrogens (tertiary/aromatic N) is 1. The van der Waals surface area contributed by atoms with Crippen molar-refractivity contribution in [3.05, 3.63) is 35.9 Å². The van der Waals surface area contributed by atoms with Gasteiger partial charge in [0, 0.05) is 19.0 Å². The molecule has 92 valence electrons. The fourth-order valence-electron chi connectivity index (χ4n) is 2.23. The van der Waals surface area contributed by atoms with Gasteiger partial charge in [0.05, 0.1) is 6.04 Å². The summed E-state index contributed by atoms with van der Waals surface area (Å²) in [6.07, 6.45) is 1.84. The molecule has 4 heteroatoms. The van der Waals surface area contributed by atoms with E-state index in [1.54, 1.807) is 0 Å². The maximum absolute atomic E-state index is 11.7. The van der Waals surface area contributed by atoms with Gasteiger partial charge in [-0.1, -0.05) is 30.3 Å². The van der Waals surface area contributed by atoms with Gasteiger partial charge in [-0.05, 0) is 18.4 Å². The molecule has 0 saturated carbocycles. The number of nitrogens with one attached hydrogen (secondary N) is 1. The topological polar surface area (TPSA) is 32.3 Å². The minimum absolute atomic E-state index is 0.0356. The summed E-state index contributed by atoms with van der Waals surface area (Å²) in [5.74, 6) is 0.638. The third-order valence-corrected chi connectivity index (χ3v) is 3.33. The monoisotopic (exact) mass is 252 g/mol. The van der Waals surface area contributed by atoms with E-state index in [2.05, 4.69) is 17.4 Å². The maximum Gasteiger partial charge on any atom is 0.318 e. The smallest absolute Gasteiger partial charge is 0.318 e. The molecule has 1 aromatic rings. The Labute approximate surface area is 107 Å². The molecule has 1 N–H and O–H groups in total. The minimum Gasteiger partial charge on any atom is -0.336 e. The predicted molar refractivity (Wildman–Crippen MR) is 69.2 cm³/mol. The van der Waals surface area contributed by atoms with Crippen molar-refractivity contribution in [2.45, 2.75) is 18.9 Å². The van der Waals surface area contributed by atoms with Crippen molar-refractivity contribution >= 4 is 17.6 Å². The lowest BCUT2D eigenvalue weighted by Crippen LogP contribution is -2.32. The van der Waals surface area contributed by atoms with Crippen molar-refractivity contribution in [3.63, 3.8) is 0 Å². The summed E-state index contributed by atoms with van der Waals surface area (Å²) in [7, 11) is 0. The van der Waals surface area contributed by atoms with Crippen molar-refractivity contribution in [2.75, 3.05) is 19.0 Å². The molecule has 1 aliphatic rings. The van der Waals surface area contributed by atoms with Gasteiger partial charge in [0.1, 0.15) is 0 Å². The average Bonchev–Trinajstić information content (AvgIpc) is 2.78. The standard InChI is InChI=1S/C13H17ClN2O/c14-8-4-7-12(11-5-2-1-3-6-11)16-10-9-15-13(16)17/h1-3,5-6,12H,4,7-10H2,(H,15,17). The van der Waals surface area contributed by atoms with Gasteiger partial charge in [-0.3, -0.25) is 0 Å². The van der Waals surface area contributed by atoms with E-state index in [0.29, 0.717) is 5.88 Å². The van der Waals surface area contributed by atoms with E-state index < -0.39 is 0 Å². The van der Waals surface area contributed by atoms with E-state index in [1.165, 1.54) is 5.56 Å².